The van der Waals surface area contributed by atoms with E-state index in [2.05, 4.69) is 5.32 Å². The molecule has 0 aromatic rings. The van der Waals surface area contributed by atoms with Crippen molar-refractivity contribution >= 4 is 17.9 Å². The molecule has 22 heavy (non-hydrogen) atoms. The first-order valence-corrected chi connectivity index (χ1v) is 7.11. The molecule has 0 spiro atoms. The van der Waals surface area contributed by atoms with Crippen molar-refractivity contribution < 1.29 is 29.7 Å². The number of nitrogens with one attached hydrogen (secondary N) is 1. The van der Waals surface area contributed by atoms with E-state index in [-0.39, 0.29) is 31.6 Å². The maximum absolute atomic E-state index is 10.9. The van der Waals surface area contributed by atoms with E-state index < -0.39 is 17.9 Å². The van der Waals surface area contributed by atoms with Crippen molar-refractivity contribution in [2.45, 2.75) is 13.0 Å². The molecule has 1 atom stereocenters. The molecule has 1 rings (SSSR count). The first-order valence-electron chi connectivity index (χ1n) is 7.11. The quantitative estimate of drug-likeness (QED) is 0.420. The van der Waals surface area contributed by atoms with Gasteiger partial charge in [0.15, 0.2) is 0 Å². The summed E-state index contributed by atoms with van der Waals surface area (Å²) < 4.78 is 0. The molecule has 9 nitrogen and oxygen atoms in total. The monoisotopic (exact) mass is 317 g/mol. The molecule has 126 valence electrons. The summed E-state index contributed by atoms with van der Waals surface area (Å²) >= 11 is 0. The number of hydrogen-bond donors (Lipinski definition) is 4. The number of carboxylic acid groups (broad SMARTS) is 3. The Hall–Kier alpha value is -1.71. The molecular formula is C13H23N3O6. The summed E-state index contributed by atoms with van der Waals surface area (Å²) in [5.74, 6) is -2.89. The number of hydrogen-bond acceptors (Lipinski definition) is 6. The number of aliphatic carboxylic acids is 3. The van der Waals surface area contributed by atoms with Gasteiger partial charge in [-0.15, -0.1) is 0 Å². The standard InChI is InChI=1S/C13H23N3O6/c1-9(14-4-11(17)18)10-5-15(7-12(19)20)2-3-16(6-10)8-13(21)22/h9-10,14H,2-8H2,1H3,(H,17,18)(H,19,20)(H,21,22). The van der Waals surface area contributed by atoms with Gasteiger partial charge in [-0.05, 0) is 12.8 Å². The Balaban J connectivity index is 2.71. The van der Waals surface area contributed by atoms with Crippen LogP contribution in [-0.4, -0.2) is 94.9 Å². The van der Waals surface area contributed by atoms with E-state index in [1.165, 1.54) is 0 Å². The third-order valence-electron chi connectivity index (χ3n) is 3.72. The number of carboxylic acids is 3. The van der Waals surface area contributed by atoms with Crippen LogP contribution >= 0.6 is 0 Å². The zero-order valence-electron chi connectivity index (χ0n) is 12.6. The maximum atomic E-state index is 10.9. The molecule has 1 heterocycles. The summed E-state index contributed by atoms with van der Waals surface area (Å²) in [6, 6.07) is -0.165. The average Bonchev–Trinajstić information content (AvgIpc) is 2.57. The van der Waals surface area contributed by atoms with E-state index in [1.807, 2.05) is 6.92 Å². The molecule has 1 fully saturated rings. The Morgan fingerprint density at radius 1 is 1.00 bits per heavy atom. The molecule has 4 N–H and O–H groups in total. The van der Waals surface area contributed by atoms with Crippen molar-refractivity contribution in [3.8, 4) is 0 Å². The highest BCUT2D eigenvalue weighted by Crippen LogP contribution is 2.13. The molecule has 0 aromatic heterocycles. The first-order chi connectivity index (χ1) is 10.3. The van der Waals surface area contributed by atoms with Crippen molar-refractivity contribution in [1.82, 2.24) is 15.1 Å². The van der Waals surface area contributed by atoms with Crippen LogP contribution < -0.4 is 5.32 Å². The zero-order chi connectivity index (χ0) is 16.7. The molecule has 0 aromatic carbocycles. The maximum Gasteiger partial charge on any atom is 0.317 e. The van der Waals surface area contributed by atoms with Crippen molar-refractivity contribution in [2.75, 3.05) is 45.8 Å². The van der Waals surface area contributed by atoms with E-state index in [1.54, 1.807) is 9.80 Å². The second-order valence-corrected chi connectivity index (χ2v) is 5.58. The molecular weight excluding hydrogens is 294 g/mol. The minimum Gasteiger partial charge on any atom is -0.480 e. The fourth-order valence-corrected chi connectivity index (χ4v) is 2.59. The summed E-state index contributed by atoms with van der Waals surface area (Å²) in [6.45, 7) is 3.34. The van der Waals surface area contributed by atoms with E-state index in [4.69, 9.17) is 15.3 Å². The lowest BCUT2D eigenvalue weighted by molar-refractivity contribution is -0.139. The Labute approximate surface area is 128 Å². The van der Waals surface area contributed by atoms with Gasteiger partial charge in [0, 0.05) is 32.2 Å². The molecule has 1 aliphatic rings. The highest BCUT2D eigenvalue weighted by molar-refractivity contribution is 5.69. The summed E-state index contributed by atoms with van der Waals surface area (Å²) in [5.41, 5.74) is 0. The normalized spacial score (nSPS) is 19.5. The fourth-order valence-electron chi connectivity index (χ4n) is 2.59. The second-order valence-electron chi connectivity index (χ2n) is 5.58. The molecule has 1 unspecified atom stereocenters. The van der Waals surface area contributed by atoms with Gasteiger partial charge in [-0.3, -0.25) is 24.2 Å². The van der Waals surface area contributed by atoms with Crippen LogP contribution in [0.2, 0.25) is 0 Å². The zero-order valence-corrected chi connectivity index (χ0v) is 12.6. The summed E-state index contributed by atoms with van der Waals surface area (Å²) in [5, 5.41) is 29.5. The predicted octanol–water partition coefficient (Wildman–Crippen LogP) is -1.55. The smallest absolute Gasteiger partial charge is 0.317 e. The molecule has 0 aliphatic carbocycles. The molecule has 9 heteroatoms. The Kier molecular flexibility index (Phi) is 7.22. The second kappa shape index (κ2) is 8.66. The van der Waals surface area contributed by atoms with E-state index in [0.717, 1.165) is 0 Å². The highest BCUT2D eigenvalue weighted by atomic mass is 16.4. The minimum absolute atomic E-state index is 0.0550. The molecule has 1 saturated heterocycles. The SMILES string of the molecule is CC(NCC(=O)O)C1CN(CC(=O)O)CCN(CC(=O)O)C1. The molecule has 1 aliphatic heterocycles. The third-order valence-corrected chi connectivity index (χ3v) is 3.72. The van der Waals surface area contributed by atoms with Crippen LogP contribution in [0.4, 0.5) is 0 Å². The average molecular weight is 317 g/mol. The number of nitrogens with zero attached hydrogens (tertiary/aromatic N) is 2. The topological polar surface area (TPSA) is 130 Å². The van der Waals surface area contributed by atoms with Gasteiger partial charge in [-0.25, -0.2) is 0 Å². The summed E-state index contributed by atoms with van der Waals surface area (Å²) in [7, 11) is 0. The minimum atomic E-state index is -0.967. The molecule has 0 amide bonds. The van der Waals surface area contributed by atoms with E-state index in [9.17, 15) is 14.4 Å². The van der Waals surface area contributed by atoms with Crippen LogP contribution in [-0.2, 0) is 14.4 Å². The Morgan fingerprint density at radius 2 is 1.45 bits per heavy atom. The lowest BCUT2D eigenvalue weighted by Crippen LogP contribution is -2.45. The van der Waals surface area contributed by atoms with Crippen molar-refractivity contribution in [2.24, 2.45) is 5.92 Å². The van der Waals surface area contributed by atoms with Gasteiger partial charge >= 0.3 is 17.9 Å². The van der Waals surface area contributed by atoms with Crippen LogP contribution in [0.5, 0.6) is 0 Å². The van der Waals surface area contributed by atoms with Crippen LogP contribution in [0.15, 0.2) is 0 Å². The number of rotatable bonds is 8. The van der Waals surface area contributed by atoms with Gasteiger partial charge in [0.25, 0.3) is 0 Å². The van der Waals surface area contributed by atoms with Gasteiger partial charge < -0.3 is 20.6 Å². The van der Waals surface area contributed by atoms with Crippen molar-refractivity contribution in [3.05, 3.63) is 0 Å². The number of carbonyl (C=O) groups is 3. The first kappa shape index (κ1) is 18.3. The Bertz CT molecular complexity index is 391. The van der Waals surface area contributed by atoms with Gasteiger partial charge in [-0.2, -0.15) is 0 Å². The lowest BCUT2D eigenvalue weighted by atomic mass is 10.00. The van der Waals surface area contributed by atoms with E-state index >= 15 is 0 Å². The van der Waals surface area contributed by atoms with Crippen LogP contribution in [0.1, 0.15) is 6.92 Å². The van der Waals surface area contributed by atoms with Gasteiger partial charge in [-0.1, -0.05) is 0 Å². The third kappa shape index (κ3) is 6.83. The van der Waals surface area contributed by atoms with Crippen molar-refractivity contribution in [3.63, 3.8) is 0 Å². The lowest BCUT2D eigenvalue weighted by Gasteiger charge is -2.28. The molecule has 0 saturated carbocycles. The highest BCUT2D eigenvalue weighted by Gasteiger charge is 2.28. The van der Waals surface area contributed by atoms with Gasteiger partial charge in [0.1, 0.15) is 0 Å². The van der Waals surface area contributed by atoms with Crippen LogP contribution in [0, 0.1) is 5.92 Å². The fraction of sp³-hybridized carbons (Fsp3) is 0.769. The largest absolute Gasteiger partial charge is 0.480 e. The van der Waals surface area contributed by atoms with Gasteiger partial charge in [0.05, 0.1) is 19.6 Å². The van der Waals surface area contributed by atoms with E-state index in [0.29, 0.717) is 26.2 Å². The Morgan fingerprint density at radius 3 is 1.82 bits per heavy atom. The molecule has 0 bridgehead atoms. The van der Waals surface area contributed by atoms with Crippen LogP contribution in [0.25, 0.3) is 0 Å². The van der Waals surface area contributed by atoms with Crippen LogP contribution in [0.3, 0.4) is 0 Å². The predicted molar refractivity (Wildman–Crippen MR) is 76.7 cm³/mol. The summed E-state index contributed by atoms with van der Waals surface area (Å²) in [6.07, 6.45) is 0. The molecule has 0 radical (unpaired) electrons. The van der Waals surface area contributed by atoms with Gasteiger partial charge in [0.2, 0.25) is 0 Å². The van der Waals surface area contributed by atoms with Crippen molar-refractivity contribution in [1.29, 1.82) is 0 Å². The summed E-state index contributed by atoms with van der Waals surface area (Å²) in [4.78, 5) is 35.9.